The molecule has 0 spiro atoms. The Morgan fingerprint density at radius 3 is 2.63 bits per heavy atom. The van der Waals surface area contributed by atoms with E-state index in [1.807, 2.05) is 37.4 Å². The Bertz CT molecular complexity index is 629. The van der Waals surface area contributed by atoms with Gasteiger partial charge in [-0.25, -0.2) is 0 Å². The Morgan fingerprint density at radius 2 is 1.95 bits per heavy atom. The number of anilines is 1. The summed E-state index contributed by atoms with van der Waals surface area (Å²) in [6, 6.07) is 16.3. The Hall–Kier alpha value is -1.79. The minimum absolute atomic E-state index is 0.694. The minimum Gasteiger partial charge on any atom is -0.369 e. The molecule has 0 aromatic heterocycles. The normalized spacial score (nSPS) is 10.0. The van der Waals surface area contributed by atoms with Gasteiger partial charge in [-0.1, -0.05) is 40.2 Å². The monoisotopic (exact) mass is 314 g/mol. The number of hydrogen-bond donors (Lipinski definition) is 0. The molecule has 0 aliphatic heterocycles. The molecule has 0 saturated carbocycles. The van der Waals surface area contributed by atoms with Crippen LogP contribution in [0, 0.1) is 18.3 Å². The van der Waals surface area contributed by atoms with Gasteiger partial charge in [0, 0.05) is 18.1 Å². The van der Waals surface area contributed by atoms with Crippen LogP contribution < -0.4 is 4.90 Å². The number of aryl methyl sites for hydroxylation is 1. The zero-order chi connectivity index (χ0) is 13.8. The molecule has 0 aliphatic rings. The van der Waals surface area contributed by atoms with E-state index in [-0.39, 0.29) is 0 Å². The van der Waals surface area contributed by atoms with E-state index < -0.39 is 0 Å². The van der Waals surface area contributed by atoms with Gasteiger partial charge in [0.1, 0.15) is 6.07 Å². The van der Waals surface area contributed by atoms with E-state index in [4.69, 9.17) is 0 Å². The SMILES string of the molecule is Cc1ccccc1CN(C)c1cc(Br)ccc1C#N. The van der Waals surface area contributed by atoms with Gasteiger partial charge in [-0.3, -0.25) is 0 Å². The zero-order valence-electron chi connectivity index (χ0n) is 11.0. The van der Waals surface area contributed by atoms with E-state index in [0.29, 0.717) is 5.56 Å². The number of halogens is 1. The molecular weight excluding hydrogens is 300 g/mol. The van der Waals surface area contributed by atoms with Crippen LogP contribution in [0.3, 0.4) is 0 Å². The number of nitriles is 1. The molecule has 96 valence electrons. The second-order valence-corrected chi connectivity index (χ2v) is 5.47. The first-order valence-electron chi connectivity index (χ1n) is 6.07. The topological polar surface area (TPSA) is 27.0 Å². The molecule has 2 rings (SSSR count). The number of benzene rings is 2. The van der Waals surface area contributed by atoms with Crippen LogP contribution >= 0.6 is 15.9 Å². The van der Waals surface area contributed by atoms with Crippen molar-refractivity contribution >= 4 is 21.6 Å². The van der Waals surface area contributed by atoms with Crippen molar-refractivity contribution in [3.8, 4) is 6.07 Å². The summed E-state index contributed by atoms with van der Waals surface area (Å²) in [5, 5.41) is 9.19. The molecular formula is C16H15BrN2. The molecule has 2 nitrogen and oxygen atoms in total. The lowest BCUT2D eigenvalue weighted by molar-refractivity contribution is 0.912. The summed E-state index contributed by atoms with van der Waals surface area (Å²) in [4.78, 5) is 2.10. The highest BCUT2D eigenvalue weighted by atomic mass is 79.9. The maximum absolute atomic E-state index is 9.19. The van der Waals surface area contributed by atoms with Crippen molar-refractivity contribution in [2.24, 2.45) is 0 Å². The van der Waals surface area contributed by atoms with Crippen molar-refractivity contribution in [3.63, 3.8) is 0 Å². The molecule has 0 atom stereocenters. The molecule has 0 saturated heterocycles. The predicted octanol–water partition coefficient (Wildman–Crippen LogP) is 4.27. The second-order valence-electron chi connectivity index (χ2n) is 4.56. The van der Waals surface area contributed by atoms with Crippen LogP contribution in [0.25, 0.3) is 0 Å². The highest BCUT2D eigenvalue weighted by Crippen LogP contribution is 2.25. The Kier molecular flexibility index (Phi) is 4.24. The molecule has 0 fully saturated rings. The molecule has 0 unspecified atom stereocenters. The summed E-state index contributed by atoms with van der Waals surface area (Å²) in [6.07, 6.45) is 0. The molecule has 0 amide bonds. The quantitative estimate of drug-likeness (QED) is 0.846. The predicted molar refractivity (Wildman–Crippen MR) is 82.1 cm³/mol. The lowest BCUT2D eigenvalue weighted by Gasteiger charge is -2.22. The minimum atomic E-state index is 0.694. The fraction of sp³-hybridized carbons (Fsp3) is 0.188. The van der Waals surface area contributed by atoms with Crippen LogP contribution in [0.4, 0.5) is 5.69 Å². The maximum Gasteiger partial charge on any atom is 0.101 e. The lowest BCUT2D eigenvalue weighted by Crippen LogP contribution is -2.18. The Labute approximate surface area is 122 Å². The molecule has 3 heteroatoms. The van der Waals surface area contributed by atoms with E-state index in [0.717, 1.165) is 16.7 Å². The van der Waals surface area contributed by atoms with Gasteiger partial charge in [0.15, 0.2) is 0 Å². The fourth-order valence-electron chi connectivity index (χ4n) is 2.04. The summed E-state index contributed by atoms with van der Waals surface area (Å²) in [5.41, 5.74) is 4.18. The van der Waals surface area contributed by atoms with Gasteiger partial charge in [0.05, 0.1) is 11.3 Å². The summed E-state index contributed by atoms with van der Waals surface area (Å²) in [7, 11) is 2.01. The standard InChI is InChI=1S/C16H15BrN2/c1-12-5-3-4-6-14(12)11-19(2)16-9-15(17)8-7-13(16)10-18/h3-9H,11H2,1-2H3. The molecule has 0 N–H and O–H groups in total. The molecule has 2 aromatic carbocycles. The molecule has 0 radical (unpaired) electrons. The lowest BCUT2D eigenvalue weighted by atomic mass is 10.1. The summed E-state index contributed by atoms with van der Waals surface area (Å²) >= 11 is 3.46. The van der Waals surface area contributed by atoms with Crippen LogP contribution in [-0.2, 0) is 6.54 Å². The van der Waals surface area contributed by atoms with Crippen LogP contribution in [0.5, 0.6) is 0 Å². The van der Waals surface area contributed by atoms with Crippen molar-refractivity contribution in [1.82, 2.24) is 0 Å². The first kappa shape index (κ1) is 13.6. The maximum atomic E-state index is 9.19. The highest BCUT2D eigenvalue weighted by molar-refractivity contribution is 9.10. The largest absolute Gasteiger partial charge is 0.369 e. The van der Waals surface area contributed by atoms with Crippen LogP contribution in [0.1, 0.15) is 16.7 Å². The Morgan fingerprint density at radius 1 is 1.21 bits per heavy atom. The van der Waals surface area contributed by atoms with E-state index in [9.17, 15) is 5.26 Å². The average molecular weight is 315 g/mol. The van der Waals surface area contributed by atoms with Crippen molar-refractivity contribution < 1.29 is 0 Å². The van der Waals surface area contributed by atoms with E-state index in [1.165, 1.54) is 11.1 Å². The third-order valence-electron chi connectivity index (χ3n) is 3.16. The van der Waals surface area contributed by atoms with E-state index in [2.05, 4.69) is 46.0 Å². The van der Waals surface area contributed by atoms with Gasteiger partial charge in [-0.2, -0.15) is 5.26 Å². The van der Waals surface area contributed by atoms with Crippen molar-refractivity contribution in [2.45, 2.75) is 13.5 Å². The average Bonchev–Trinajstić information content (AvgIpc) is 2.41. The summed E-state index contributed by atoms with van der Waals surface area (Å²) in [6.45, 7) is 2.90. The van der Waals surface area contributed by atoms with Gasteiger partial charge in [0.2, 0.25) is 0 Å². The van der Waals surface area contributed by atoms with Gasteiger partial charge >= 0.3 is 0 Å². The first-order valence-corrected chi connectivity index (χ1v) is 6.86. The van der Waals surface area contributed by atoms with Gasteiger partial charge in [-0.05, 0) is 36.2 Å². The summed E-state index contributed by atoms with van der Waals surface area (Å²) < 4.78 is 0.984. The molecule has 0 bridgehead atoms. The van der Waals surface area contributed by atoms with Crippen LogP contribution in [0.2, 0.25) is 0 Å². The highest BCUT2D eigenvalue weighted by Gasteiger charge is 2.09. The van der Waals surface area contributed by atoms with Crippen molar-refractivity contribution in [2.75, 3.05) is 11.9 Å². The molecule has 2 aromatic rings. The van der Waals surface area contributed by atoms with Crippen molar-refractivity contribution in [3.05, 3.63) is 63.6 Å². The third-order valence-corrected chi connectivity index (χ3v) is 3.65. The number of hydrogen-bond acceptors (Lipinski definition) is 2. The molecule has 0 heterocycles. The smallest absolute Gasteiger partial charge is 0.101 e. The van der Waals surface area contributed by atoms with E-state index >= 15 is 0 Å². The zero-order valence-corrected chi connectivity index (χ0v) is 12.6. The number of nitrogens with zero attached hydrogens (tertiary/aromatic N) is 2. The molecule has 0 aliphatic carbocycles. The Balaban J connectivity index is 2.30. The molecule has 19 heavy (non-hydrogen) atoms. The fourth-order valence-corrected chi connectivity index (χ4v) is 2.39. The summed E-state index contributed by atoms with van der Waals surface area (Å²) in [5.74, 6) is 0. The van der Waals surface area contributed by atoms with Crippen molar-refractivity contribution in [1.29, 1.82) is 5.26 Å². The van der Waals surface area contributed by atoms with Gasteiger partial charge in [0.25, 0.3) is 0 Å². The van der Waals surface area contributed by atoms with Crippen LogP contribution in [0.15, 0.2) is 46.9 Å². The van der Waals surface area contributed by atoms with Gasteiger partial charge in [-0.15, -0.1) is 0 Å². The second kappa shape index (κ2) is 5.90. The van der Waals surface area contributed by atoms with E-state index in [1.54, 1.807) is 0 Å². The first-order chi connectivity index (χ1) is 9.11. The van der Waals surface area contributed by atoms with Crippen LogP contribution in [-0.4, -0.2) is 7.05 Å². The third kappa shape index (κ3) is 3.15. The van der Waals surface area contributed by atoms with Gasteiger partial charge < -0.3 is 4.90 Å². The number of rotatable bonds is 3.